The van der Waals surface area contributed by atoms with E-state index in [0.717, 1.165) is 28.3 Å². The molecule has 0 radical (unpaired) electrons. The summed E-state index contributed by atoms with van der Waals surface area (Å²) in [4.78, 5) is 26.7. The summed E-state index contributed by atoms with van der Waals surface area (Å²) in [5.41, 5.74) is 3.25. The normalized spacial score (nSPS) is 25.0. The number of para-hydroxylation sites is 3. The molecule has 0 aromatic heterocycles. The zero-order chi connectivity index (χ0) is 18.8. The average molecular weight is 359 g/mol. The summed E-state index contributed by atoms with van der Waals surface area (Å²) in [6.45, 7) is 4.19. The van der Waals surface area contributed by atoms with Crippen molar-refractivity contribution in [1.29, 1.82) is 0 Å². The highest BCUT2D eigenvalue weighted by Gasteiger charge is 2.56. The number of carbonyl (C=O) groups excluding carboxylic acids is 2. The molecule has 0 saturated heterocycles. The number of allylic oxidation sites excluding steroid dienone is 1. The van der Waals surface area contributed by atoms with Crippen molar-refractivity contribution in [1.82, 2.24) is 0 Å². The second-order valence-electron chi connectivity index (χ2n) is 8.34. The molecule has 2 aromatic rings. The van der Waals surface area contributed by atoms with Crippen molar-refractivity contribution in [2.75, 3.05) is 16.0 Å². The van der Waals surface area contributed by atoms with E-state index < -0.39 is 5.54 Å². The van der Waals surface area contributed by atoms with Crippen molar-refractivity contribution < 1.29 is 9.59 Å². The highest BCUT2D eigenvalue weighted by atomic mass is 16.2. The quantitative estimate of drug-likeness (QED) is 0.665. The first-order valence-electron chi connectivity index (χ1n) is 9.23. The molecule has 2 aromatic carbocycles. The summed E-state index contributed by atoms with van der Waals surface area (Å²) < 4.78 is 0. The minimum absolute atomic E-state index is 0.0147. The van der Waals surface area contributed by atoms with Crippen LogP contribution in [0.3, 0.4) is 0 Å². The average Bonchev–Trinajstić information content (AvgIpc) is 2.78. The lowest BCUT2D eigenvalue weighted by atomic mass is 9.69. The number of carbonyl (C=O) groups is 2. The van der Waals surface area contributed by atoms with Crippen molar-refractivity contribution in [2.45, 2.75) is 32.2 Å². The van der Waals surface area contributed by atoms with Gasteiger partial charge < -0.3 is 16.0 Å². The zero-order valence-electron chi connectivity index (χ0n) is 15.3. The fraction of sp³-hybridized carbons (Fsp3) is 0.273. The summed E-state index contributed by atoms with van der Waals surface area (Å²) in [5, 5.41) is 9.89. The molecule has 3 aliphatic rings. The molecule has 27 heavy (non-hydrogen) atoms. The number of fused-ring (bicyclic) bond motifs is 4. The number of amides is 1. The van der Waals surface area contributed by atoms with Gasteiger partial charge in [0.05, 0.1) is 16.9 Å². The first kappa shape index (κ1) is 16.1. The molecule has 5 rings (SSSR count). The van der Waals surface area contributed by atoms with Crippen LogP contribution in [-0.4, -0.2) is 11.7 Å². The van der Waals surface area contributed by atoms with E-state index >= 15 is 0 Å². The van der Waals surface area contributed by atoms with Gasteiger partial charge in [-0.1, -0.05) is 44.2 Å². The molecular formula is C22H21N3O2. The molecule has 136 valence electrons. The van der Waals surface area contributed by atoms with Crippen molar-refractivity contribution >= 4 is 28.8 Å². The Morgan fingerprint density at radius 2 is 1.48 bits per heavy atom. The van der Waals surface area contributed by atoms with Crippen molar-refractivity contribution in [2.24, 2.45) is 5.41 Å². The van der Waals surface area contributed by atoms with Crippen molar-refractivity contribution in [3.05, 3.63) is 65.4 Å². The van der Waals surface area contributed by atoms with Gasteiger partial charge in [-0.2, -0.15) is 0 Å². The molecule has 1 spiro atoms. The molecule has 5 nitrogen and oxygen atoms in total. The van der Waals surface area contributed by atoms with E-state index in [1.165, 1.54) is 0 Å². The number of hydrogen-bond donors (Lipinski definition) is 3. The lowest BCUT2D eigenvalue weighted by Crippen LogP contribution is -2.48. The minimum Gasteiger partial charge on any atom is -0.362 e. The van der Waals surface area contributed by atoms with Gasteiger partial charge >= 0.3 is 0 Å². The molecule has 5 heteroatoms. The Morgan fingerprint density at radius 1 is 0.815 bits per heavy atom. The molecular weight excluding hydrogens is 338 g/mol. The molecule has 0 bridgehead atoms. The molecule has 1 aliphatic carbocycles. The highest BCUT2D eigenvalue weighted by Crippen LogP contribution is 2.51. The van der Waals surface area contributed by atoms with Crippen LogP contribution < -0.4 is 16.0 Å². The lowest BCUT2D eigenvalue weighted by molar-refractivity contribution is -0.123. The van der Waals surface area contributed by atoms with Gasteiger partial charge in [0.25, 0.3) is 5.91 Å². The summed E-state index contributed by atoms with van der Waals surface area (Å²) >= 11 is 0. The van der Waals surface area contributed by atoms with E-state index in [1.54, 1.807) is 0 Å². The van der Waals surface area contributed by atoms with Crippen LogP contribution in [0.4, 0.5) is 17.1 Å². The number of Topliss-reactive ketones (excluding diaryl/α,β-unsaturated/α-hetero) is 1. The maximum atomic E-state index is 13.3. The van der Waals surface area contributed by atoms with Gasteiger partial charge in [-0.3, -0.25) is 9.59 Å². The Morgan fingerprint density at radius 3 is 2.26 bits per heavy atom. The van der Waals surface area contributed by atoms with Crippen LogP contribution in [0.5, 0.6) is 0 Å². The standard InChI is InChI=1S/C22H21N3O2/c1-21(2)11-17-19(18(26)12-21)22(25-16-10-6-5-9-15(16)23-17)13-7-3-4-8-14(13)24-20(22)27/h3-10,23,25H,11-12H2,1-2H3,(H,24,27)/t22-/m1/s1. The van der Waals surface area contributed by atoms with Gasteiger partial charge in [0.2, 0.25) is 0 Å². The van der Waals surface area contributed by atoms with Crippen LogP contribution >= 0.6 is 0 Å². The molecule has 0 unspecified atom stereocenters. The van der Waals surface area contributed by atoms with E-state index in [-0.39, 0.29) is 17.1 Å². The molecule has 0 saturated carbocycles. The lowest BCUT2D eigenvalue weighted by Gasteiger charge is -2.37. The SMILES string of the molecule is CC1(C)CC(=O)C2=C(C1)Nc1ccccc1N[C@@]21C(=O)Nc2ccccc21. The van der Waals surface area contributed by atoms with Gasteiger partial charge in [-0.25, -0.2) is 0 Å². The van der Waals surface area contributed by atoms with E-state index in [0.29, 0.717) is 18.4 Å². The molecule has 0 fully saturated rings. The Labute approximate surface area is 157 Å². The van der Waals surface area contributed by atoms with Gasteiger partial charge in [0.15, 0.2) is 11.3 Å². The Hall–Kier alpha value is -3.08. The van der Waals surface area contributed by atoms with Crippen LogP contribution in [0.2, 0.25) is 0 Å². The van der Waals surface area contributed by atoms with Crippen molar-refractivity contribution in [3.63, 3.8) is 0 Å². The second kappa shape index (κ2) is 5.22. The van der Waals surface area contributed by atoms with Crippen LogP contribution in [0.25, 0.3) is 0 Å². The predicted molar refractivity (Wildman–Crippen MR) is 105 cm³/mol. The maximum absolute atomic E-state index is 13.3. The summed E-state index contributed by atoms with van der Waals surface area (Å²) in [7, 11) is 0. The molecule has 2 heterocycles. The third kappa shape index (κ3) is 2.17. The fourth-order valence-electron chi connectivity index (χ4n) is 4.62. The topological polar surface area (TPSA) is 70.2 Å². The smallest absolute Gasteiger partial charge is 0.259 e. The molecule has 3 N–H and O–H groups in total. The van der Waals surface area contributed by atoms with Gasteiger partial charge in [0, 0.05) is 23.4 Å². The zero-order valence-corrected chi connectivity index (χ0v) is 15.3. The Balaban J connectivity index is 1.84. The van der Waals surface area contributed by atoms with Crippen LogP contribution in [0.1, 0.15) is 32.3 Å². The highest BCUT2D eigenvalue weighted by molar-refractivity contribution is 6.18. The number of benzene rings is 2. The van der Waals surface area contributed by atoms with Crippen molar-refractivity contribution in [3.8, 4) is 0 Å². The predicted octanol–water partition coefficient (Wildman–Crippen LogP) is 4.01. The van der Waals surface area contributed by atoms with Gasteiger partial charge in [0.1, 0.15) is 0 Å². The fourth-order valence-corrected chi connectivity index (χ4v) is 4.62. The van der Waals surface area contributed by atoms with Gasteiger partial charge in [-0.05, 0) is 30.0 Å². The Kier molecular flexibility index (Phi) is 3.12. The van der Waals surface area contributed by atoms with E-state index in [9.17, 15) is 9.59 Å². The second-order valence-corrected chi connectivity index (χ2v) is 8.34. The minimum atomic E-state index is -1.21. The van der Waals surface area contributed by atoms with Crippen LogP contribution in [-0.2, 0) is 15.1 Å². The number of ketones is 1. The number of rotatable bonds is 0. The number of anilines is 3. The summed E-state index contributed by atoms with van der Waals surface area (Å²) in [5.74, 6) is -0.191. The van der Waals surface area contributed by atoms with E-state index in [2.05, 4.69) is 29.8 Å². The number of hydrogen-bond acceptors (Lipinski definition) is 4. The first-order chi connectivity index (χ1) is 12.9. The van der Waals surface area contributed by atoms with Crippen LogP contribution in [0, 0.1) is 5.41 Å². The van der Waals surface area contributed by atoms with E-state index in [1.807, 2.05) is 48.5 Å². The van der Waals surface area contributed by atoms with E-state index in [4.69, 9.17) is 0 Å². The summed E-state index contributed by atoms with van der Waals surface area (Å²) in [6.07, 6.45) is 1.13. The molecule has 1 amide bonds. The Bertz CT molecular complexity index is 1040. The molecule has 2 aliphatic heterocycles. The monoisotopic (exact) mass is 359 g/mol. The van der Waals surface area contributed by atoms with Gasteiger partial charge in [-0.15, -0.1) is 0 Å². The maximum Gasteiger partial charge on any atom is 0.259 e. The molecule has 1 atom stereocenters. The third-order valence-corrected chi connectivity index (χ3v) is 5.70. The van der Waals surface area contributed by atoms with Crippen LogP contribution in [0.15, 0.2) is 59.8 Å². The summed E-state index contributed by atoms with van der Waals surface area (Å²) in [6, 6.07) is 15.4. The largest absolute Gasteiger partial charge is 0.362 e. The first-order valence-corrected chi connectivity index (χ1v) is 9.23. The third-order valence-electron chi connectivity index (χ3n) is 5.70. The number of nitrogens with one attached hydrogen (secondary N) is 3.